The summed E-state index contributed by atoms with van der Waals surface area (Å²) in [6, 6.07) is 8.78. The highest BCUT2D eigenvalue weighted by Gasteiger charge is 2.32. The number of Topliss-reactive ketones (excluding diaryl/α,β-unsaturated/α-hetero) is 1. The Labute approximate surface area is 180 Å². The van der Waals surface area contributed by atoms with E-state index in [-0.39, 0.29) is 59.3 Å². The maximum atomic E-state index is 13.5. The first-order chi connectivity index (χ1) is 14.6. The highest BCUT2D eigenvalue weighted by Crippen LogP contribution is 2.25. The van der Waals surface area contributed by atoms with Gasteiger partial charge in [-0.2, -0.15) is 4.31 Å². The fraction of sp³-hybridized carbons (Fsp3) is 0.364. The Kier molecular flexibility index (Phi) is 6.88. The number of carbonyl (C=O) groups excluding carboxylic acids is 2. The lowest BCUT2D eigenvalue weighted by molar-refractivity contribution is -0.0440. The molecule has 0 aliphatic carbocycles. The van der Waals surface area contributed by atoms with Crippen LogP contribution in [0.15, 0.2) is 47.4 Å². The van der Waals surface area contributed by atoms with Gasteiger partial charge in [-0.25, -0.2) is 17.6 Å². The average Bonchev–Trinajstić information content (AvgIpc) is 2.73. The van der Waals surface area contributed by atoms with Crippen molar-refractivity contribution in [2.45, 2.75) is 44.3 Å². The molecule has 3 rings (SSSR count). The van der Waals surface area contributed by atoms with E-state index in [1.54, 1.807) is 20.8 Å². The summed E-state index contributed by atoms with van der Waals surface area (Å²) >= 11 is 0. The van der Waals surface area contributed by atoms with Gasteiger partial charge in [-0.1, -0.05) is 13.0 Å². The molecule has 7 nitrogen and oxygen atoms in total. The average molecular weight is 450 g/mol. The maximum absolute atomic E-state index is 13.5. The van der Waals surface area contributed by atoms with E-state index in [1.165, 1.54) is 34.6 Å². The standard InChI is InChI=1S/C22H24FNO6S/c1-4-20(25)19-11-17(23)8-9-21(19)30-22(26)16-6-5-7-18(10-16)31(27,28)24-12-14(2)29-15(3)13-24/h5-11,14-15H,4,12-13H2,1-3H3/t14-,15-/m1/s1. The Morgan fingerprint density at radius 3 is 2.45 bits per heavy atom. The fourth-order valence-corrected chi connectivity index (χ4v) is 5.05. The van der Waals surface area contributed by atoms with Crippen molar-refractivity contribution >= 4 is 21.8 Å². The monoisotopic (exact) mass is 449 g/mol. The molecule has 0 spiro atoms. The maximum Gasteiger partial charge on any atom is 0.343 e. The van der Waals surface area contributed by atoms with E-state index in [2.05, 4.69) is 0 Å². The van der Waals surface area contributed by atoms with Crippen LogP contribution in [0.5, 0.6) is 5.75 Å². The molecule has 1 aliphatic rings. The second kappa shape index (κ2) is 9.25. The van der Waals surface area contributed by atoms with Crippen molar-refractivity contribution in [2.75, 3.05) is 13.1 Å². The molecule has 2 atom stereocenters. The first-order valence-electron chi connectivity index (χ1n) is 9.92. The summed E-state index contributed by atoms with van der Waals surface area (Å²) in [6.07, 6.45) is -0.391. The molecular formula is C22H24FNO6S. The van der Waals surface area contributed by atoms with Gasteiger partial charge in [0.2, 0.25) is 10.0 Å². The molecule has 0 aromatic heterocycles. The number of hydrogen-bond acceptors (Lipinski definition) is 6. The number of ketones is 1. The predicted molar refractivity (Wildman–Crippen MR) is 111 cm³/mol. The van der Waals surface area contributed by atoms with Crippen LogP contribution in [0.1, 0.15) is 47.9 Å². The van der Waals surface area contributed by atoms with Crippen molar-refractivity contribution in [1.82, 2.24) is 4.31 Å². The zero-order chi connectivity index (χ0) is 22.8. The number of nitrogens with zero attached hydrogens (tertiary/aromatic N) is 1. The number of rotatable bonds is 6. The lowest BCUT2D eigenvalue weighted by Crippen LogP contribution is -2.48. The molecule has 2 aromatic rings. The molecule has 0 N–H and O–H groups in total. The third-order valence-corrected chi connectivity index (χ3v) is 6.69. The Hall–Kier alpha value is -2.62. The van der Waals surface area contributed by atoms with Gasteiger partial charge in [0.15, 0.2) is 5.78 Å². The lowest BCUT2D eigenvalue weighted by Gasteiger charge is -2.34. The summed E-state index contributed by atoms with van der Waals surface area (Å²) in [7, 11) is -3.85. The van der Waals surface area contributed by atoms with Crippen LogP contribution in [-0.2, 0) is 14.8 Å². The van der Waals surface area contributed by atoms with Crippen molar-refractivity contribution in [3.63, 3.8) is 0 Å². The van der Waals surface area contributed by atoms with Crippen molar-refractivity contribution in [1.29, 1.82) is 0 Å². The number of carbonyl (C=O) groups is 2. The van der Waals surface area contributed by atoms with Crippen LogP contribution in [-0.4, -0.2) is 49.8 Å². The van der Waals surface area contributed by atoms with Crippen LogP contribution < -0.4 is 4.74 Å². The summed E-state index contributed by atoms with van der Waals surface area (Å²) in [5.74, 6) is -1.94. The number of ether oxygens (including phenoxy) is 2. The first kappa shape index (κ1) is 23.1. The summed E-state index contributed by atoms with van der Waals surface area (Å²) in [5, 5.41) is 0. The molecule has 1 fully saturated rings. The molecule has 9 heteroatoms. The Balaban J connectivity index is 1.87. The molecule has 2 aromatic carbocycles. The van der Waals surface area contributed by atoms with Crippen LogP contribution >= 0.6 is 0 Å². The Morgan fingerprint density at radius 2 is 1.81 bits per heavy atom. The van der Waals surface area contributed by atoms with E-state index in [0.29, 0.717) is 0 Å². The van der Waals surface area contributed by atoms with Gasteiger partial charge in [-0.3, -0.25) is 4.79 Å². The molecule has 0 amide bonds. The van der Waals surface area contributed by atoms with Gasteiger partial charge in [0.1, 0.15) is 11.6 Å². The first-order valence-corrected chi connectivity index (χ1v) is 11.4. The van der Waals surface area contributed by atoms with Crippen LogP contribution in [0.4, 0.5) is 4.39 Å². The highest BCUT2D eigenvalue weighted by atomic mass is 32.2. The zero-order valence-corrected chi connectivity index (χ0v) is 18.3. The van der Waals surface area contributed by atoms with E-state index in [9.17, 15) is 22.4 Å². The predicted octanol–water partition coefficient (Wildman–Crippen LogP) is 3.44. The van der Waals surface area contributed by atoms with Crippen molar-refractivity contribution in [2.24, 2.45) is 0 Å². The van der Waals surface area contributed by atoms with E-state index < -0.39 is 21.8 Å². The summed E-state index contributed by atoms with van der Waals surface area (Å²) in [5.41, 5.74) is -0.0504. The zero-order valence-electron chi connectivity index (χ0n) is 17.5. The van der Waals surface area contributed by atoms with Crippen LogP contribution in [0.25, 0.3) is 0 Å². The van der Waals surface area contributed by atoms with Crippen molar-refractivity contribution in [3.05, 3.63) is 59.4 Å². The molecule has 0 unspecified atom stereocenters. The molecule has 31 heavy (non-hydrogen) atoms. The number of benzene rings is 2. The number of sulfonamides is 1. The van der Waals surface area contributed by atoms with Gasteiger partial charge in [0, 0.05) is 19.5 Å². The van der Waals surface area contributed by atoms with Crippen LogP contribution in [0.3, 0.4) is 0 Å². The Morgan fingerprint density at radius 1 is 1.13 bits per heavy atom. The van der Waals surface area contributed by atoms with Gasteiger partial charge in [0.05, 0.1) is 28.2 Å². The minimum Gasteiger partial charge on any atom is -0.422 e. The van der Waals surface area contributed by atoms with E-state index in [0.717, 1.165) is 12.1 Å². The smallest absolute Gasteiger partial charge is 0.343 e. The molecule has 0 bridgehead atoms. The molecular weight excluding hydrogens is 425 g/mol. The Bertz CT molecular complexity index is 1090. The number of hydrogen-bond donors (Lipinski definition) is 0. The number of morpholine rings is 1. The minimum absolute atomic E-state index is 0.00495. The SMILES string of the molecule is CCC(=O)c1cc(F)ccc1OC(=O)c1cccc(S(=O)(=O)N2C[C@@H](C)O[C@H](C)C2)c1. The molecule has 0 saturated carbocycles. The van der Waals surface area contributed by atoms with E-state index in [1.807, 2.05) is 0 Å². The summed E-state index contributed by atoms with van der Waals surface area (Å²) in [4.78, 5) is 24.7. The number of halogens is 1. The molecule has 1 heterocycles. The molecule has 1 saturated heterocycles. The van der Waals surface area contributed by atoms with Gasteiger partial charge in [-0.05, 0) is 50.2 Å². The molecule has 0 radical (unpaired) electrons. The number of esters is 1. The largest absolute Gasteiger partial charge is 0.422 e. The lowest BCUT2D eigenvalue weighted by atomic mass is 10.1. The van der Waals surface area contributed by atoms with Gasteiger partial charge < -0.3 is 9.47 Å². The van der Waals surface area contributed by atoms with E-state index in [4.69, 9.17) is 9.47 Å². The summed E-state index contributed by atoms with van der Waals surface area (Å²) in [6.45, 7) is 5.62. The quantitative estimate of drug-likeness (QED) is 0.381. The third kappa shape index (κ3) is 5.17. The van der Waals surface area contributed by atoms with Crippen LogP contribution in [0, 0.1) is 5.82 Å². The van der Waals surface area contributed by atoms with Crippen molar-refractivity contribution in [3.8, 4) is 5.75 Å². The fourth-order valence-electron chi connectivity index (χ4n) is 3.42. The second-order valence-electron chi connectivity index (χ2n) is 7.41. The molecule has 1 aliphatic heterocycles. The summed E-state index contributed by atoms with van der Waals surface area (Å²) < 4.78 is 51.9. The van der Waals surface area contributed by atoms with Crippen molar-refractivity contribution < 1.29 is 31.9 Å². The molecule has 166 valence electrons. The third-order valence-electron chi connectivity index (χ3n) is 4.86. The van der Waals surface area contributed by atoms with Gasteiger partial charge >= 0.3 is 5.97 Å². The van der Waals surface area contributed by atoms with Crippen LogP contribution in [0.2, 0.25) is 0 Å². The normalized spacial score (nSPS) is 19.7. The van der Waals surface area contributed by atoms with E-state index >= 15 is 0 Å². The van der Waals surface area contributed by atoms with Gasteiger partial charge in [0.25, 0.3) is 0 Å². The topological polar surface area (TPSA) is 90.0 Å². The second-order valence-corrected chi connectivity index (χ2v) is 9.35. The minimum atomic E-state index is -3.85. The van der Waals surface area contributed by atoms with Gasteiger partial charge in [-0.15, -0.1) is 0 Å². The highest BCUT2D eigenvalue weighted by molar-refractivity contribution is 7.89.